The Morgan fingerprint density at radius 3 is 2.19 bits per heavy atom. The minimum atomic E-state index is -3.05. The van der Waals surface area contributed by atoms with Crippen LogP contribution in [0.5, 0.6) is 11.5 Å². The molecule has 2 aromatic carbocycles. The Labute approximate surface area is 127 Å². The highest BCUT2D eigenvalue weighted by atomic mass is 35.5. The zero-order valence-electron chi connectivity index (χ0n) is 10.6. The first-order chi connectivity index (χ1) is 9.77. The highest BCUT2D eigenvalue weighted by Crippen LogP contribution is 2.39. The molecule has 21 heavy (non-hydrogen) atoms. The van der Waals surface area contributed by atoms with Crippen molar-refractivity contribution in [2.24, 2.45) is 0 Å². The van der Waals surface area contributed by atoms with Gasteiger partial charge < -0.3 is 14.8 Å². The second kappa shape index (κ2) is 6.28. The lowest BCUT2D eigenvalue weighted by atomic mass is 9.80. The van der Waals surface area contributed by atoms with Crippen LogP contribution in [0.2, 0.25) is 5.02 Å². The molecule has 110 valence electrons. The van der Waals surface area contributed by atoms with Crippen LogP contribution in [0, 0.1) is 0 Å². The first-order valence-corrected chi connectivity index (χ1v) is 6.83. The third-order valence-electron chi connectivity index (χ3n) is 2.72. The second-order valence-electron chi connectivity index (χ2n) is 4.31. The summed E-state index contributed by atoms with van der Waals surface area (Å²) in [5.41, 5.74) is -2.98. The molecule has 0 spiro atoms. The summed E-state index contributed by atoms with van der Waals surface area (Å²) in [6, 6.07) is 9.69. The van der Waals surface area contributed by atoms with Gasteiger partial charge in [0.15, 0.2) is 0 Å². The Morgan fingerprint density at radius 1 is 1.10 bits per heavy atom. The van der Waals surface area contributed by atoms with Crippen LogP contribution in [0.4, 0.5) is 8.78 Å². The van der Waals surface area contributed by atoms with E-state index in [1.54, 1.807) is 0 Å². The van der Waals surface area contributed by atoms with Crippen LogP contribution in [0.15, 0.2) is 42.5 Å². The summed E-state index contributed by atoms with van der Waals surface area (Å²) in [4.78, 5) is 0. The maximum Gasteiger partial charge on any atom is 0.488 e. The lowest BCUT2D eigenvalue weighted by molar-refractivity contribution is 0.104. The van der Waals surface area contributed by atoms with Crippen LogP contribution in [-0.2, 0) is 5.66 Å². The molecule has 0 saturated carbocycles. The highest BCUT2D eigenvalue weighted by molar-refractivity contribution is 7.17. The summed E-state index contributed by atoms with van der Waals surface area (Å²) < 4.78 is 31.7. The van der Waals surface area contributed by atoms with Gasteiger partial charge in [-0.2, -0.15) is 8.78 Å². The number of halogens is 3. The van der Waals surface area contributed by atoms with Gasteiger partial charge in [-0.25, -0.2) is 0 Å². The fourth-order valence-corrected chi connectivity index (χ4v) is 2.02. The van der Waals surface area contributed by atoms with Crippen molar-refractivity contribution in [2.75, 3.05) is 0 Å². The molecule has 2 aromatic rings. The molecule has 2 rings (SSSR count). The molecule has 0 radical (unpaired) electrons. The van der Waals surface area contributed by atoms with Gasteiger partial charge in [-0.3, -0.25) is 0 Å². The molecule has 0 bridgehead atoms. The zero-order valence-corrected chi connectivity index (χ0v) is 12.5. The Balaban J connectivity index is 2.20. The highest BCUT2D eigenvalue weighted by Gasteiger charge is 2.25. The lowest BCUT2D eigenvalue weighted by Crippen LogP contribution is -2.29. The molecule has 0 heterocycles. The summed E-state index contributed by atoms with van der Waals surface area (Å²) in [5.74, 6) is 0.624. The fourth-order valence-electron chi connectivity index (χ4n) is 1.63. The molecule has 1 atom stereocenters. The van der Waals surface area contributed by atoms with Gasteiger partial charge in [-0.15, -0.1) is 0 Å². The number of hydrogen-bond donors (Lipinski definition) is 2. The van der Waals surface area contributed by atoms with Crippen LogP contribution in [0.3, 0.4) is 0 Å². The third kappa shape index (κ3) is 4.14. The maximum atomic E-state index is 13.1. The third-order valence-corrected chi connectivity index (χ3v) is 3.35. The van der Waals surface area contributed by atoms with Crippen LogP contribution in [-0.4, -0.2) is 17.2 Å². The van der Waals surface area contributed by atoms with Crippen molar-refractivity contribution in [3.8, 4) is 11.5 Å². The predicted molar refractivity (Wildman–Crippen MR) is 81.4 cm³/mol. The standard InChI is InChI=1S/C13H11BClF2O3P/c15-11-7-8(13(16,17)21)1-6-12(11)20-10-4-2-9(3-5-10)14(18)19/h1-7,18-19H,21H2. The van der Waals surface area contributed by atoms with Crippen LogP contribution in [0.1, 0.15) is 5.56 Å². The van der Waals surface area contributed by atoms with Gasteiger partial charge in [0.25, 0.3) is 5.66 Å². The molecule has 0 fully saturated rings. The van der Waals surface area contributed by atoms with E-state index in [9.17, 15) is 8.78 Å². The van der Waals surface area contributed by atoms with Crippen molar-refractivity contribution in [3.05, 3.63) is 53.1 Å². The van der Waals surface area contributed by atoms with Gasteiger partial charge in [-0.1, -0.05) is 33.0 Å². The van der Waals surface area contributed by atoms with Crippen LogP contribution in [0.25, 0.3) is 0 Å². The van der Waals surface area contributed by atoms with E-state index < -0.39 is 12.8 Å². The van der Waals surface area contributed by atoms with Gasteiger partial charge in [0.1, 0.15) is 11.5 Å². The van der Waals surface area contributed by atoms with Gasteiger partial charge in [-0.05, 0) is 35.8 Å². The molecule has 2 N–H and O–H groups in total. The van der Waals surface area contributed by atoms with Crippen molar-refractivity contribution in [3.63, 3.8) is 0 Å². The number of benzene rings is 2. The monoisotopic (exact) mass is 330 g/mol. The molecular formula is C13H11BClF2O3P. The SMILES string of the molecule is OB(O)c1ccc(Oc2ccc(C(F)(F)P)cc2Cl)cc1. The lowest BCUT2D eigenvalue weighted by Gasteiger charge is -2.13. The normalized spacial score (nSPS) is 11.3. The van der Waals surface area contributed by atoms with E-state index in [0.717, 1.165) is 6.07 Å². The molecule has 3 nitrogen and oxygen atoms in total. The Kier molecular flexibility index (Phi) is 4.84. The fraction of sp³-hybridized carbons (Fsp3) is 0.0769. The Bertz CT molecular complexity index is 632. The molecule has 0 amide bonds. The molecule has 0 aromatic heterocycles. The van der Waals surface area contributed by atoms with E-state index in [1.165, 1.54) is 45.6 Å². The first-order valence-electron chi connectivity index (χ1n) is 5.88. The second-order valence-corrected chi connectivity index (χ2v) is 5.45. The number of alkyl halides is 2. The average molecular weight is 330 g/mol. The van der Waals surface area contributed by atoms with Gasteiger partial charge in [0.05, 0.1) is 5.02 Å². The zero-order chi connectivity index (χ0) is 15.6. The molecular weight excluding hydrogens is 319 g/mol. The Morgan fingerprint density at radius 2 is 1.71 bits per heavy atom. The van der Waals surface area contributed by atoms with Crippen molar-refractivity contribution >= 4 is 33.4 Å². The van der Waals surface area contributed by atoms with E-state index in [1.807, 2.05) is 0 Å². The average Bonchev–Trinajstić information content (AvgIpc) is 2.40. The molecule has 8 heteroatoms. The molecule has 1 unspecified atom stereocenters. The van der Waals surface area contributed by atoms with Crippen molar-refractivity contribution < 1.29 is 23.6 Å². The first kappa shape index (κ1) is 16.2. The van der Waals surface area contributed by atoms with Crippen molar-refractivity contribution in [1.82, 2.24) is 0 Å². The van der Waals surface area contributed by atoms with Gasteiger partial charge in [0, 0.05) is 5.56 Å². The van der Waals surface area contributed by atoms with Gasteiger partial charge in [0.2, 0.25) is 0 Å². The number of rotatable bonds is 4. The minimum absolute atomic E-state index is 0.0564. The van der Waals surface area contributed by atoms with E-state index in [4.69, 9.17) is 26.4 Å². The maximum absolute atomic E-state index is 13.1. The van der Waals surface area contributed by atoms with E-state index in [2.05, 4.69) is 0 Å². The molecule has 0 aliphatic heterocycles. The summed E-state index contributed by atoms with van der Waals surface area (Å²) in [5, 5.41) is 18.0. The summed E-state index contributed by atoms with van der Waals surface area (Å²) >= 11 is 5.92. The Hall–Kier alpha value is -1.20. The van der Waals surface area contributed by atoms with E-state index in [0.29, 0.717) is 11.2 Å². The van der Waals surface area contributed by atoms with Crippen LogP contribution < -0.4 is 10.2 Å². The smallest absolute Gasteiger partial charge is 0.456 e. The molecule has 0 aliphatic carbocycles. The number of hydrogen-bond acceptors (Lipinski definition) is 3. The minimum Gasteiger partial charge on any atom is -0.456 e. The quantitative estimate of drug-likeness (QED) is 0.669. The van der Waals surface area contributed by atoms with E-state index >= 15 is 0 Å². The van der Waals surface area contributed by atoms with E-state index in [-0.39, 0.29) is 16.3 Å². The summed E-state index contributed by atoms with van der Waals surface area (Å²) in [6.07, 6.45) is 0. The molecule has 0 saturated heterocycles. The van der Waals surface area contributed by atoms with Crippen molar-refractivity contribution in [2.45, 2.75) is 5.66 Å². The van der Waals surface area contributed by atoms with Gasteiger partial charge >= 0.3 is 7.12 Å². The topological polar surface area (TPSA) is 49.7 Å². The summed E-state index contributed by atoms with van der Waals surface area (Å²) in [7, 11) is -0.123. The molecule has 0 aliphatic rings. The predicted octanol–water partition coefficient (Wildman–Crippen LogP) is 2.74. The largest absolute Gasteiger partial charge is 0.488 e. The number of ether oxygens (including phenoxy) is 1. The van der Waals surface area contributed by atoms with Crippen LogP contribution >= 0.6 is 20.8 Å². The summed E-state index contributed by atoms with van der Waals surface area (Å²) in [6.45, 7) is 0. The van der Waals surface area contributed by atoms with Crippen molar-refractivity contribution in [1.29, 1.82) is 0 Å².